The third kappa shape index (κ3) is 5.15. The Morgan fingerprint density at radius 2 is 2.12 bits per heavy atom. The highest BCUT2D eigenvalue weighted by atomic mass is 16.5. The summed E-state index contributed by atoms with van der Waals surface area (Å²) in [5.74, 6) is 0.266. The molecule has 1 aliphatic rings. The first-order valence-corrected chi connectivity index (χ1v) is 8.75. The van der Waals surface area contributed by atoms with Crippen LogP contribution in [0.3, 0.4) is 0 Å². The third-order valence-corrected chi connectivity index (χ3v) is 4.47. The van der Waals surface area contributed by atoms with Crippen LogP contribution >= 0.6 is 0 Å². The van der Waals surface area contributed by atoms with E-state index in [2.05, 4.69) is 46.4 Å². The molecule has 0 spiro atoms. The first kappa shape index (κ1) is 18.1. The van der Waals surface area contributed by atoms with Crippen molar-refractivity contribution in [3.8, 4) is 0 Å². The van der Waals surface area contributed by atoms with Crippen molar-refractivity contribution in [3.63, 3.8) is 0 Å². The molecule has 0 unspecified atom stereocenters. The Kier molecular flexibility index (Phi) is 5.99. The summed E-state index contributed by atoms with van der Waals surface area (Å²) >= 11 is 0. The maximum Gasteiger partial charge on any atom is 0.267 e. The van der Waals surface area contributed by atoms with Gasteiger partial charge in [0, 0.05) is 37.9 Å². The number of aryl methyl sites for hydroxylation is 1. The summed E-state index contributed by atoms with van der Waals surface area (Å²) in [6.45, 7) is 5.15. The van der Waals surface area contributed by atoms with Crippen LogP contribution in [-0.4, -0.2) is 40.1 Å². The van der Waals surface area contributed by atoms with E-state index in [1.807, 2.05) is 12.1 Å². The quantitative estimate of drug-likeness (QED) is 0.423. The number of benzene rings is 1. The molecule has 2 aromatic rings. The molecule has 136 valence electrons. The zero-order valence-corrected chi connectivity index (χ0v) is 14.9. The molecule has 6 nitrogen and oxygen atoms in total. The molecule has 1 aromatic carbocycles. The number of pyridine rings is 1. The second-order valence-electron chi connectivity index (χ2n) is 6.64. The molecule has 1 fully saturated rings. The highest BCUT2D eigenvalue weighted by Crippen LogP contribution is 2.17. The molecule has 0 aliphatic carbocycles. The average molecular weight is 352 g/mol. The molecule has 0 bridgehead atoms. The smallest absolute Gasteiger partial charge is 0.267 e. The topological polar surface area (TPSA) is 77.5 Å². The van der Waals surface area contributed by atoms with Gasteiger partial charge in [0.1, 0.15) is 5.82 Å². The van der Waals surface area contributed by atoms with Crippen molar-refractivity contribution in [3.05, 3.63) is 65.4 Å². The van der Waals surface area contributed by atoms with Gasteiger partial charge >= 0.3 is 0 Å². The van der Waals surface area contributed by atoms with Gasteiger partial charge in [0.05, 0.1) is 0 Å². The highest BCUT2D eigenvalue weighted by molar-refractivity contribution is 5.90. The lowest BCUT2D eigenvalue weighted by atomic mass is 10.1. The van der Waals surface area contributed by atoms with Gasteiger partial charge in [0.2, 0.25) is 0 Å². The number of carbonyl (C=O) groups excluding carboxylic acids is 1. The van der Waals surface area contributed by atoms with Crippen LogP contribution in [0.1, 0.15) is 23.1 Å². The van der Waals surface area contributed by atoms with Crippen LogP contribution in [-0.2, 0) is 11.3 Å². The van der Waals surface area contributed by atoms with E-state index in [9.17, 15) is 4.79 Å². The van der Waals surface area contributed by atoms with Gasteiger partial charge in [-0.2, -0.15) is 0 Å². The molecule has 2 heterocycles. The zero-order chi connectivity index (χ0) is 18.4. The Morgan fingerprint density at radius 1 is 1.31 bits per heavy atom. The number of likely N-dealkylation sites (tertiary alicyclic amines) is 1. The van der Waals surface area contributed by atoms with Gasteiger partial charge in [-0.05, 0) is 42.7 Å². The summed E-state index contributed by atoms with van der Waals surface area (Å²) < 4.78 is 0. The van der Waals surface area contributed by atoms with Crippen molar-refractivity contribution in [2.24, 2.45) is 0 Å². The lowest BCUT2D eigenvalue weighted by Crippen LogP contribution is -2.26. The van der Waals surface area contributed by atoms with Gasteiger partial charge in [-0.15, -0.1) is 0 Å². The zero-order valence-electron chi connectivity index (χ0n) is 14.9. The van der Waals surface area contributed by atoms with E-state index in [-0.39, 0.29) is 0 Å². The Labute approximate surface area is 153 Å². The molecule has 3 rings (SSSR count). The van der Waals surface area contributed by atoms with Crippen molar-refractivity contribution in [2.75, 3.05) is 18.4 Å². The van der Waals surface area contributed by atoms with E-state index in [1.54, 1.807) is 17.8 Å². The van der Waals surface area contributed by atoms with Crippen molar-refractivity contribution < 1.29 is 10.0 Å². The van der Waals surface area contributed by atoms with Crippen LogP contribution in [0.4, 0.5) is 5.82 Å². The number of hydrogen-bond donors (Lipinski definition) is 3. The predicted molar refractivity (Wildman–Crippen MR) is 102 cm³/mol. The Balaban J connectivity index is 1.49. The van der Waals surface area contributed by atoms with Gasteiger partial charge in [-0.3, -0.25) is 14.9 Å². The summed E-state index contributed by atoms with van der Waals surface area (Å²) in [6, 6.07) is 12.9. The molecule has 1 amide bonds. The summed E-state index contributed by atoms with van der Waals surface area (Å²) in [4.78, 5) is 17.8. The first-order chi connectivity index (χ1) is 12.6. The van der Waals surface area contributed by atoms with Crippen LogP contribution in [0, 0.1) is 6.92 Å². The van der Waals surface area contributed by atoms with E-state index in [4.69, 9.17) is 5.21 Å². The van der Waals surface area contributed by atoms with Gasteiger partial charge in [0.15, 0.2) is 0 Å². The summed E-state index contributed by atoms with van der Waals surface area (Å²) in [5.41, 5.74) is 4.99. The summed E-state index contributed by atoms with van der Waals surface area (Å²) in [5, 5.41) is 11.9. The second kappa shape index (κ2) is 8.60. The number of amides is 1. The van der Waals surface area contributed by atoms with E-state index >= 15 is 0 Å². The average Bonchev–Trinajstić information content (AvgIpc) is 3.09. The fourth-order valence-electron chi connectivity index (χ4n) is 3.05. The minimum absolute atomic E-state index is 0.384. The molecule has 1 saturated heterocycles. The van der Waals surface area contributed by atoms with Crippen molar-refractivity contribution >= 4 is 17.8 Å². The van der Waals surface area contributed by atoms with Gasteiger partial charge in [-0.25, -0.2) is 10.5 Å². The standard InChI is InChI=1S/C20H24N4O2/c1-15-2-4-17(5-3-15)13-24-11-10-18(14-24)22-19-8-6-16(12-21-19)7-9-20(25)23-26/h2-9,12,18,26H,10-11,13-14H2,1H3,(H,21,22)(H,23,25)/t18-/m1/s1. The number of nitrogens with one attached hydrogen (secondary N) is 2. The number of carbonyl (C=O) groups is 1. The maximum atomic E-state index is 11.0. The highest BCUT2D eigenvalue weighted by Gasteiger charge is 2.22. The fourth-order valence-corrected chi connectivity index (χ4v) is 3.05. The molecule has 0 saturated carbocycles. The van der Waals surface area contributed by atoms with Crippen LogP contribution in [0.2, 0.25) is 0 Å². The molecular formula is C20H24N4O2. The minimum Gasteiger partial charge on any atom is -0.366 e. The predicted octanol–water partition coefficient (Wildman–Crippen LogP) is 2.60. The van der Waals surface area contributed by atoms with Gasteiger partial charge in [0.25, 0.3) is 5.91 Å². The molecule has 6 heteroatoms. The van der Waals surface area contributed by atoms with Crippen LogP contribution in [0.15, 0.2) is 48.7 Å². The molecule has 0 radical (unpaired) electrons. The molecule has 26 heavy (non-hydrogen) atoms. The number of hydroxylamine groups is 1. The Morgan fingerprint density at radius 3 is 2.81 bits per heavy atom. The van der Waals surface area contributed by atoms with Crippen molar-refractivity contribution in [1.29, 1.82) is 0 Å². The number of aromatic nitrogens is 1. The lowest BCUT2D eigenvalue weighted by Gasteiger charge is -2.17. The van der Waals surface area contributed by atoms with E-state index < -0.39 is 5.91 Å². The van der Waals surface area contributed by atoms with Gasteiger partial charge in [-0.1, -0.05) is 29.8 Å². The first-order valence-electron chi connectivity index (χ1n) is 8.75. The number of anilines is 1. The van der Waals surface area contributed by atoms with Crippen molar-refractivity contribution in [2.45, 2.75) is 25.9 Å². The van der Waals surface area contributed by atoms with E-state index in [1.165, 1.54) is 17.2 Å². The summed E-state index contributed by atoms with van der Waals surface area (Å²) in [6.07, 6.45) is 5.64. The van der Waals surface area contributed by atoms with Crippen molar-refractivity contribution in [1.82, 2.24) is 15.4 Å². The molecule has 1 aromatic heterocycles. The Hall–Kier alpha value is -2.70. The monoisotopic (exact) mass is 352 g/mol. The molecule has 1 aliphatic heterocycles. The fraction of sp³-hybridized carbons (Fsp3) is 0.300. The maximum absolute atomic E-state index is 11.0. The van der Waals surface area contributed by atoms with E-state index in [0.29, 0.717) is 6.04 Å². The van der Waals surface area contributed by atoms with Gasteiger partial charge < -0.3 is 5.32 Å². The Bertz CT molecular complexity index is 756. The number of hydrogen-bond acceptors (Lipinski definition) is 5. The van der Waals surface area contributed by atoms with Crippen LogP contribution in [0.5, 0.6) is 0 Å². The largest absolute Gasteiger partial charge is 0.366 e. The lowest BCUT2D eigenvalue weighted by molar-refractivity contribution is -0.124. The summed E-state index contributed by atoms with van der Waals surface area (Å²) in [7, 11) is 0. The third-order valence-electron chi connectivity index (χ3n) is 4.47. The number of rotatable bonds is 6. The van der Waals surface area contributed by atoms with Crippen LogP contribution < -0.4 is 10.8 Å². The minimum atomic E-state index is -0.563. The molecule has 1 atom stereocenters. The SMILES string of the molecule is Cc1ccc(CN2CC[C@@H](Nc3ccc(C=CC(=O)NO)cn3)C2)cc1. The molecular weight excluding hydrogens is 328 g/mol. The second-order valence-corrected chi connectivity index (χ2v) is 6.64. The number of nitrogens with zero attached hydrogens (tertiary/aromatic N) is 2. The van der Waals surface area contributed by atoms with E-state index in [0.717, 1.165) is 37.4 Å². The molecule has 3 N–H and O–H groups in total. The normalized spacial score (nSPS) is 17.5. The van der Waals surface area contributed by atoms with Crippen LogP contribution in [0.25, 0.3) is 6.08 Å².